The molecule has 2 unspecified atom stereocenters. The molecule has 1 aliphatic rings. The lowest BCUT2D eigenvalue weighted by Crippen LogP contribution is -2.15. The topological polar surface area (TPSA) is 0 Å². The van der Waals surface area contributed by atoms with Gasteiger partial charge in [0.05, 0.1) is 0 Å². The largest absolute Gasteiger partial charge is 0.152 e. The van der Waals surface area contributed by atoms with Gasteiger partial charge in [-0.3, -0.25) is 0 Å². The first-order valence-corrected chi connectivity index (χ1v) is 6.30. The van der Waals surface area contributed by atoms with E-state index in [9.17, 15) is 0 Å². The number of alkyl halides is 1. The van der Waals surface area contributed by atoms with Gasteiger partial charge >= 0.3 is 0 Å². The van der Waals surface area contributed by atoms with Gasteiger partial charge in [-0.2, -0.15) is 11.3 Å². The number of halogens is 1. The molecule has 0 nitrogen and oxygen atoms in total. The zero-order chi connectivity index (χ0) is 9.26. The van der Waals surface area contributed by atoms with Crippen LogP contribution in [0.4, 0.5) is 0 Å². The van der Waals surface area contributed by atoms with E-state index in [4.69, 9.17) is 11.6 Å². The lowest BCUT2D eigenvalue weighted by molar-refractivity contribution is 0.478. The molecule has 1 aromatic heterocycles. The molecule has 0 amide bonds. The van der Waals surface area contributed by atoms with Gasteiger partial charge in [-0.25, -0.2) is 0 Å². The Morgan fingerprint density at radius 1 is 1.62 bits per heavy atom. The summed E-state index contributed by atoms with van der Waals surface area (Å²) in [5.74, 6) is 1.61. The second kappa shape index (κ2) is 4.02. The summed E-state index contributed by atoms with van der Waals surface area (Å²) < 4.78 is 0. The Hall–Kier alpha value is -0.0100. The Morgan fingerprint density at radius 3 is 2.92 bits per heavy atom. The monoisotopic (exact) mass is 214 g/mol. The van der Waals surface area contributed by atoms with Gasteiger partial charge in [0.2, 0.25) is 0 Å². The smallest absolute Gasteiger partial charge is 0.0404 e. The highest BCUT2D eigenvalue weighted by Crippen LogP contribution is 2.40. The summed E-state index contributed by atoms with van der Waals surface area (Å²) in [6, 6.07) is 2.18. The van der Waals surface area contributed by atoms with Crippen LogP contribution in [0, 0.1) is 11.8 Å². The lowest BCUT2D eigenvalue weighted by atomic mass is 9.97. The highest BCUT2D eigenvalue weighted by atomic mass is 35.5. The molecule has 0 N–H and O–H groups in total. The Morgan fingerprint density at radius 2 is 2.38 bits per heavy atom. The maximum Gasteiger partial charge on any atom is 0.0404 e. The van der Waals surface area contributed by atoms with E-state index in [1.807, 2.05) is 0 Å². The van der Waals surface area contributed by atoms with Crippen molar-refractivity contribution in [2.45, 2.75) is 31.6 Å². The molecular formula is C11H15ClS. The minimum absolute atomic E-state index is 0.335. The van der Waals surface area contributed by atoms with Crippen LogP contribution in [0.3, 0.4) is 0 Å². The fourth-order valence-corrected chi connectivity index (χ4v) is 2.80. The van der Waals surface area contributed by atoms with Gasteiger partial charge in [-0.05, 0) is 53.5 Å². The molecule has 1 heterocycles. The second-order valence-electron chi connectivity index (χ2n) is 4.05. The van der Waals surface area contributed by atoms with Gasteiger partial charge in [0.15, 0.2) is 0 Å². The van der Waals surface area contributed by atoms with Crippen LogP contribution in [-0.2, 0) is 6.42 Å². The third-order valence-electron chi connectivity index (χ3n) is 2.95. The van der Waals surface area contributed by atoms with Crippen molar-refractivity contribution in [1.29, 1.82) is 0 Å². The fraction of sp³-hybridized carbons (Fsp3) is 0.636. The summed E-state index contributed by atoms with van der Waals surface area (Å²) in [4.78, 5) is 0. The minimum Gasteiger partial charge on any atom is -0.152 e. The molecule has 1 fully saturated rings. The van der Waals surface area contributed by atoms with Gasteiger partial charge in [0, 0.05) is 5.38 Å². The van der Waals surface area contributed by atoms with Crippen LogP contribution in [0.2, 0.25) is 0 Å². The lowest BCUT2D eigenvalue weighted by Gasteiger charge is -2.16. The van der Waals surface area contributed by atoms with Crippen molar-refractivity contribution < 1.29 is 0 Å². The number of rotatable bonds is 4. The van der Waals surface area contributed by atoms with Crippen molar-refractivity contribution in [3.8, 4) is 0 Å². The van der Waals surface area contributed by atoms with Crippen LogP contribution < -0.4 is 0 Å². The zero-order valence-electron chi connectivity index (χ0n) is 7.87. The van der Waals surface area contributed by atoms with Crippen molar-refractivity contribution in [3.63, 3.8) is 0 Å². The number of thiophene rings is 1. The van der Waals surface area contributed by atoms with E-state index in [1.165, 1.54) is 18.4 Å². The molecule has 0 aromatic carbocycles. The molecule has 2 rings (SSSR count). The van der Waals surface area contributed by atoms with E-state index in [1.54, 1.807) is 11.3 Å². The van der Waals surface area contributed by atoms with E-state index in [0.717, 1.165) is 12.3 Å². The zero-order valence-corrected chi connectivity index (χ0v) is 9.44. The van der Waals surface area contributed by atoms with Gasteiger partial charge in [-0.1, -0.05) is 6.92 Å². The van der Waals surface area contributed by atoms with Crippen LogP contribution >= 0.6 is 22.9 Å². The van der Waals surface area contributed by atoms with Gasteiger partial charge in [-0.15, -0.1) is 11.6 Å². The Labute approximate surface area is 88.9 Å². The van der Waals surface area contributed by atoms with E-state index in [-0.39, 0.29) is 0 Å². The summed E-state index contributed by atoms with van der Waals surface area (Å²) in [5, 5.41) is 4.66. The van der Waals surface area contributed by atoms with Gasteiger partial charge in [0.1, 0.15) is 0 Å². The van der Waals surface area contributed by atoms with E-state index in [0.29, 0.717) is 11.3 Å². The summed E-state index contributed by atoms with van der Waals surface area (Å²) in [6.45, 7) is 2.29. The molecule has 0 bridgehead atoms. The third-order valence-corrected chi connectivity index (χ3v) is 4.23. The normalized spacial score (nSPS) is 21.4. The minimum atomic E-state index is 0.335. The summed E-state index contributed by atoms with van der Waals surface area (Å²) in [6.07, 6.45) is 3.84. The van der Waals surface area contributed by atoms with Crippen LogP contribution in [0.15, 0.2) is 16.8 Å². The molecule has 0 spiro atoms. The standard InChI is InChI=1S/C11H15ClS/c1-8(10-2-3-10)11(12)6-9-4-5-13-7-9/h4-5,7-8,10-11H,2-3,6H2,1H3. The first-order valence-electron chi connectivity index (χ1n) is 4.92. The molecule has 1 saturated carbocycles. The fourth-order valence-electron chi connectivity index (χ4n) is 1.74. The quantitative estimate of drug-likeness (QED) is 0.666. The molecule has 1 aliphatic carbocycles. The van der Waals surface area contributed by atoms with Crippen molar-refractivity contribution in [1.82, 2.24) is 0 Å². The van der Waals surface area contributed by atoms with Crippen molar-refractivity contribution in [2.75, 3.05) is 0 Å². The molecule has 0 radical (unpaired) electrons. The molecule has 2 heteroatoms. The first-order chi connectivity index (χ1) is 6.27. The molecule has 0 saturated heterocycles. The molecule has 13 heavy (non-hydrogen) atoms. The SMILES string of the molecule is CC(C(Cl)Cc1ccsc1)C1CC1. The maximum atomic E-state index is 6.36. The summed E-state index contributed by atoms with van der Waals surface area (Å²) in [7, 11) is 0. The summed E-state index contributed by atoms with van der Waals surface area (Å²) in [5.41, 5.74) is 1.40. The Kier molecular flexibility index (Phi) is 2.95. The van der Waals surface area contributed by atoms with Crippen LogP contribution in [-0.4, -0.2) is 5.38 Å². The molecule has 0 aliphatic heterocycles. The maximum absolute atomic E-state index is 6.36. The van der Waals surface area contributed by atoms with E-state index in [2.05, 4.69) is 23.8 Å². The van der Waals surface area contributed by atoms with E-state index < -0.39 is 0 Å². The van der Waals surface area contributed by atoms with E-state index >= 15 is 0 Å². The molecule has 1 aromatic rings. The Balaban J connectivity index is 1.86. The van der Waals surface area contributed by atoms with Crippen LogP contribution in [0.1, 0.15) is 25.3 Å². The van der Waals surface area contributed by atoms with Crippen LogP contribution in [0.25, 0.3) is 0 Å². The number of hydrogen-bond donors (Lipinski definition) is 0. The molecular weight excluding hydrogens is 200 g/mol. The predicted molar refractivity (Wildman–Crippen MR) is 59.6 cm³/mol. The second-order valence-corrected chi connectivity index (χ2v) is 5.39. The summed E-state index contributed by atoms with van der Waals surface area (Å²) >= 11 is 8.12. The van der Waals surface area contributed by atoms with Crippen molar-refractivity contribution in [2.24, 2.45) is 11.8 Å². The van der Waals surface area contributed by atoms with Crippen LogP contribution in [0.5, 0.6) is 0 Å². The van der Waals surface area contributed by atoms with Gasteiger partial charge in [0.25, 0.3) is 0 Å². The van der Waals surface area contributed by atoms with Crippen molar-refractivity contribution in [3.05, 3.63) is 22.4 Å². The number of hydrogen-bond acceptors (Lipinski definition) is 1. The Bertz CT molecular complexity index is 251. The predicted octanol–water partition coefficient (Wildman–Crippen LogP) is 3.94. The third kappa shape index (κ3) is 2.47. The molecule has 72 valence electrons. The average molecular weight is 215 g/mol. The average Bonchev–Trinajstić information content (AvgIpc) is 2.85. The van der Waals surface area contributed by atoms with Crippen molar-refractivity contribution >= 4 is 22.9 Å². The first kappa shape index (κ1) is 9.54. The highest BCUT2D eigenvalue weighted by molar-refractivity contribution is 7.07. The molecule has 2 atom stereocenters. The van der Waals surface area contributed by atoms with Gasteiger partial charge < -0.3 is 0 Å². The highest BCUT2D eigenvalue weighted by Gasteiger charge is 2.32.